The Labute approximate surface area is 166 Å². The number of piperazine rings is 1. The number of rotatable bonds is 7. The van der Waals surface area contributed by atoms with Gasteiger partial charge in [0.1, 0.15) is 5.82 Å². The fourth-order valence-electron chi connectivity index (χ4n) is 3.57. The third-order valence-electron chi connectivity index (χ3n) is 5.06. The van der Waals surface area contributed by atoms with Crippen LogP contribution in [0.3, 0.4) is 0 Å². The smallest absolute Gasteiger partial charge is 0.136 e. The van der Waals surface area contributed by atoms with Gasteiger partial charge in [-0.3, -0.25) is 9.80 Å². The molecule has 0 amide bonds. The number of hydrogen-bond donors (Lipinski definition) is 1. The highest BCUT2D eigenvalue weighted by Crippen LogP contribution is 2.19. The summed E-state index contributed by atoms with van der Waals surface area (Å²) in [4.78, 5) is 9.40. The Hall–Kier alpha value is -1.66. The van der Waals surface area contributed by atoms with Crippen molar-refractivity contribution in [3.05, 3.63) is 59.0 Å². The van der Waals surface area contributed by atoms with Crippen molar-refractivity contribution in [2.24, 2.45) is 0 Å². The van der Waals surface area contributed by atoms with Gasteiger partial charge in [-0.2, -0.15) is 0 Å². The third-order valence-corrected chi connectivity index (χ3v) is 5.29. The third kappa shape index (κ3) is 5.42. The Morgan fingerprint density at radius 2 is 2.15 bits per heavy atom. The Morgan fingerprint density at radius 1 is 1.30 bits per heavy atom. The van der Waals surface area contributed by atoms with Crippen molar-refractivity contribution in [1.29, 1.82) is 0 Å². The molecule has 5 nitrogen and oxygen atoms in total. The molecule has 0 saturated carbocycles. The predicted molar refractivity (Wildman–Crippen MR) is 110 cm³/mol. The molecule has 0 bridgehead atoms. The van der Waals surface area contributed by atoms with Gasteiger partial charge in [-0.25, -0.2) is 4.98 Å². The molecule has 6 heteroatoms. The van der Waals surface area contributed by atoms with Crippen LogP contribution in [0.15, 0.2) is 48.3 Å². The van der Waals surface area contributed by atoms with E-state index in [9.17, 15) is 5.11 Å². The van der Waals surface area contributed by atoms with Crippen LogP contribution in [0.2, 0.25) is 5.02 Å². The van der Waals surface area contributed by atoms with Crippen LogP contribution in [0, 0.1) is 0 Å². The maximum absolute atomic E-state index is 9.49. The summed E-state index contributed by atoms with van der Waals surface area (Å²) >= 11 is 5.96. The van der Waals surface area contributed by atoms with E-state index < -0.39 is 0 Å². The van der Waals surface area contributed by atoms with Crippen LogP contribution in [0.1, 0.15) is 26.0 Å². The van der Waals surface area contributed by atoms with Crippen LogP contribution in [-0.4, -0.2) is 63.3 Å². The average molecular weight is 389 g/mol. The molecule has 1 aliphatic rings. The fraction of sp³-hybridized carbons (Fsp3) is 0.476. The Balaban J connectivity index is 1.67. The number of aliphatic hydroxyl groups is 1. The Bertz CT molecular complexity index is 752. The lowest BCUT2D eigenvalue weighted by Gasteiger charge is -2.41. The number of aliphatic hydroxyl groups excluding tert-OH is 1. The quantitative estimate of drug-likeness (QED) is 0.739. The zero-order valence-corrected chi connectivity index (χ0v) is 16.9. The van der Waals surface area contributed by atoms with E-state index in [1.54, 1.807) is 6.20 Å². The maximum atomic E-state index is 9.49. The van der Waals surface area contributed by atoms with Gasteiger partial charge in [-0.1, -0.05) is 23.3 Å². The van der Waals surface area contributed by atoms with Crippen LogP contribution >= 0.6 is 11.6 Å². The predicted octanol–water partition coefficient (Wildman–Crippen LogP) is 3.36. The molecule has 1 saturated heterocycles. The molecule has 0 aliphatic carbocycles. The molecule has 1 aliphatic heterocycles. The van der Waals surface area contributed by atoms with Gasteiger partial charge < -0.3 is 9.67 Å². The number of allylic oxidation sites excluding steroid dienone is 1. The summed E-state index contributed by atoms with van der Waals surface area (Å²) in [5, 5.41) is 10.1. The maximum Gasteiger partial charge on any atom is 0.136 e. The van der Waals surface area contributed by atoms with Crippen molar-refractivity contribution in [2.75, 3.05) is 32.8 Å². The van der Waals surface area contributed by atoms with Crippen molar-refractivity contribution in [2.45, 2.75) is 32.9 Å². The van der Waals surface area contributed by atoms with Gasteiger partial charge in [0.15, 0.2) is 0 Å². The number of hydrogen-bond acceptors (Lipinski definition) is 4. The average Bonchev–Trinajstić information content (AvgIpc) is 3.10. The van der Waals surface area contributed by atoms with E-state index in [4.69, 9.17) is 11.6 Å². The van der Waals surface area contributed by atoms with Crippen molar-refractivity contribution < 1.29 is 5.11 Å². The zero-order valence-electron chi connectivity index (χ0n) is 16.2. The second-order valence-electron chi connectivity index (χ2n) is 7.38. The lowest BCUT2D eigenvalue weighted by Crippen LogP contribution is -2.53. The van der Waals surface area contributed by atoms with Gasteiger partial charge in [0.05, 0.1) is 5.02 Å². The van der Waals surface area contributed by atoms with Crippen LogP contribution in [0.25, 0.3) is 5.82 Å². The fourth-order valence-corrected chi connectivity index (χ4v) is 3.68. The molecule has 1 unspecified atom stereocenters. The number of aromatic nitrogens is 2. The Morgan fingerprint density at radius 3 is 2.85 bits per heavy atom. The van der Waals surface area contributed by atoms with Gasteiger partial charge in [-0.05, 0) is 44.5 Å². The summed E-state index contributed by atoms with van der Waals surface area (Å²) in [7, 11) is 0. The van der Waals surface area contributed by atoms with E-state index in [0.717, 1.165) is 45.0 Å². The van der Waals surface area contributed by atoms with Gasteiger partial charge >= 0.3 is 0 Å². The number of halogens is 1. The van der Waals surface area contributed by atoms with E-state index in [1.165, 1.54) is 11.3 Å². The molecule has 1 N–H and O–H groups in total. The van der Waals surface area contributed by atoms with Crippen LogP contribution in [-0.2, 0) is 6.54 Å². The number of pyridine rings is 1. The van der Waals surface area contributed by atoms with E-state index in [0.29, 0.717) is 11.1 Å². The van der Waals surface area contributed by atoms with Gasteiger partial charge in [-0.15, -0.1) is 0 Å². The molecule has 0 aromatic carbocycles. The van der Waals surface area contributed by atoms with Crippen LogP contribution in [0.4, 0.5) is 0 Å². The first-order valence-electron chi connectivity index (χ1n) is 9.55. The largest absolute Gasteiger partial charge is 0.396 e. The molecule has 146 valence electrons. The van der Waals surface area contributed by atoms with E-state index in [1.807, 2.05) is 18.3 Å². The molecule has 0 spiro atoms. The van der Waals surface area contributed by atoms with Crippen LogP contribution < -0.4 is 0 Å². The lowest BCUT2D eigenvalue weighted by atomic mass is 10.1. The van der Waals surface area contributed by atoms with Crippen molar-refractivity contribution in [3.8, 4) is 5.82 Å². The highest BCUT2D eigenvalue weighted by molar-refractivity contribution is 6.30. The van der Waals surface area contributed by atoms with Gasteiger partial charge in [0.2, 0.25) is 0 Å². The number of nitrogens with zero attached hydrogens (tertiary/aromatic N) is 4. The molecule has 27 heavy (non-hydrogen) atoms. The molecular weight excluding hydrogens is 360 g/mol. The molecule has 1 atom stereocenters. The zero-order chi connectivity index (χ0) is 19.2. The summed E-state index contributed by atoms with van der Waals surface area (Å²) in [6, 6.07) is 8.40. The molecular formula is C21H29ClN4O. The van der Waals surface area contributed by atoms with E-state index >= 15 is 0 Å². The van der Waals surface area contributed by atoms with Crippen molar-refractivity contribution in [1.82, 2.24) is 19.4 Å². The highest BCUT2D eigenvalue weighted by atomic mass is 35.5. The minimum atomic E-state index is 0.231. The second-order valence-corrected chi connectivity index (χ2v) is 7.82. The summed E-state index contributed by atoms with van der Waals surface area (Å²) in [5.41, 5.74) is 2.55. The molecule has 2 aromatic rings. The first-order chi connectivity index (χ1) is 13.1. The van der Waals surface area contributed by atoms with Gasteiger partial charge in [0.25, 0.3) is 0 Å². The standard InChI is InChI=1S/C21H29ClN4O/c1-17(2)7-10-25-12-11-24(15-19(25)8-13-27)16-20-4-3-9-26(20)21-6-5-18(22)14-23-21/h3-7,9,14,19,27H,8,10-13,15-16H2,1-2H3. The second kappa shape index (κ2) is 9.51. The highest BCUT2D eigenvalue weighted by Gasteiger charge is 2.26. The van der Waals surface area contributed by atoms with Gasteiger partial charge in [0, 0.05) is 63.5 Å². The van der Waals surface area contributed by atoms with Crippen molar-refractivity contribution >= 4 is 11.6 Å². The first-order valence-corrected chi connectivity index (χ1v) is 9.93. The molecule has 0 radical (unpaired) electrons. The molecule has 2 aromatic heterocycles. The minimum Gasteiger partial charge on any atom is -0.396 e. The monoisotopic (exact) mass is 388 g/mol. The van der Waals surface area contributed by atoms with Crippen LogP contribution in [0.5, 0.6) is 0 Å². The normalized spacial score (nSPS) is 18.6. The summed E-state index contributed by atoms with van der Waals surface area (Å²) < 4.78 is 2.12. The summed E-state index contributed by atoms with van der Waals surface area (Å²) in [5.74, 6) is 0.883. The lowest BCUT2D eigenvalue weighted by molar-refractivity contribution is 0.0627. The topological polar surface area (TPSA) is 44.5 Å². The molecule has 3 rings (SSSR count). The van der Waals surface area contributed by atoms with Crippen molar-refractivity contribution in [3.63, 3.8) is 0 Å². The SMILES string of the molecule is CC(C)=CCN1CCN(Cc2cccn2-c2ccc(Cl)cn2)CC1CCO. The molecule has 1 fully saturated rings. The summed E-state index contributed by atoms with van der Waals surface area (Å²) in [6.45, 7) is 9.35. The Kier molecular flexibility index (Phi) is 7.07. The first kappa shape index (κ1) is 20.1. The molecule has 3 heterocycles. The van der Waals surface area contributed by atoms with E-state index in [2.05, 4.69) is 51.4 Å². The van der Waals surface area contributed by atoms with E-state index in [-0.39, 0.29) is 6.61 Å². The minimum absolute atomic E-state index is 0.231. The summed E-state index contributed by atoms with van der Waals surface area (Å²) in [6.07, 6.45) is 6.81.